The summed E-state index contributed by atoms with van der Waals surface area (Å²) in [6.07, 6.45) is 0.657. The van der Waals surface area contributed by atoms with Crippen molar-refractivity contribution >= 4 is 24.4 Å². The first-order valence-corrected chi connectivity index (χ1v) is 7.07. The zero-order valence-electron chi connectivity index (χ0n) is 5.99. The van der Waals surface area contributed by atoms with E-state index < -0.39 is 7.38 Å². The zero-order chi connectivity index (χ0) is 7.49. The molecule has 0 bridgehead atoms. The molecule has 0 saturated heterocycles. The van der Waals surface area contributed by atoms with Crippen LogP contribution in [0.25, 0.3) is 0 Å². The predicted octanol–water partition coefficient (Wildman–Crippen LogP) is 1.11. The number of carbonyl (C=O) groups excluding carboxylic acids is 1. The number of amides is 1. The fourth-order valence-corrected chi connectivity index (χ4v) is 1.20. The van der Waals surface area contributed by atoms with Crippen LogP contribution in [0.4, 0.5) is 0 Å². The molecule has 0 saturated carbocycles. The Kier molecular flexibility index (Phi) is 3.21. The van der Waals surface area contributed by atoms with Crippen molar-refractivity contribution in [3.63, 3.8) is 0 Å². The summed E-state index contributed by atoms with van der Waals surface area (Å²) in [7, 11) is -1.58. The maximum Gasteiger partial charge on any atom is 0.216 e. The summed E-state index contributed by atoms with van der Waals surface area (Å²) in [5, 5.41) is 2.68. The van der Waals surface area contributed by atoms with E-state index >= 15 is 0 Å². The number of rotatable bonds is 2. The Balaban J connectivity index is 3.39. The molecule has 0 unspecified atom stereocenters. The van der Waals surface area contributed by atoms with Gasteiger partial charge in [0.15, 0.2) is 7.38 Å². The minimum atomic E-state index is -1.58. The van der Waals surface area contributed by atoms with Gasteiger partial charge >= 0.3 is 0 Å². The van der Waals surface area contributed by atoms with Gasteiger partial charge in [-0.2, -0.15) is 11.1 Å². The second-order valence-electron chi connectivity index (χ2n) is 2.63. The molecule has 0 aliphatic rings. The molecule has 4 heteroatoms. The van der Waals surface area contributed by atoms with Gasteiger partial charge in [-0.05, 0) is 0 Å². The van der Waals surface area contributed by atoms with Crippen molar-refractivity contribution in [1.29, 1.82) is 0 Å². The molecule has 0 aliphatic heterocycles. The second-order valence-corrected chi connectivity index (χ2v) is 9.49. The monoisotopic (exact) mass is 165 g/mol. The Morgan fingerprint density at radius 2 is 2.11 bits per heavy atom. The first-order valence-electron chi connectivity index (χ1n) is 2.85. The fraction of sp³-hybridized carbons (Fsp3) is 0.800. The third-order valence-electron chi connectivity index (χ3n) is 0.758. The van der Waals surface area contributed by atoms with Crippen LogP contribution in [0.5, 0.6) is 0 Å². The average Bonchev–Trinajstić information content (AvgIpc) is 1.59. The quantitative estimate of drug-likeness (QED) is 0.482. The van der Waals surface area contributed by atoms with Gasteiger partial charge in [-0.3, -0.25) is 4.79 Å². The Morgan fingerprint density at radius 1 is 1.67 bits per heavy atom. The summed E-state index contributed by atoms with van der Waals surface area (Å²) in [6, 6.07) is 0. The third kappa shape index (κ3) is 7.98. The van der Waals surface area contributed by atoms with Gasteiger partial charge in [-0.1, -0.05) is 13.1 Å². The van der Waals surface area contributed by atoms with Gasteiger partial charge in [0.25, 0.3) is 0 Å². The molecule has 0 aromatic rings. The Hall–Kier alpha value is -0.0231. The van der Waals surface area contributed by atoms with Crippen LogP contribution >= 0.6 is 11.1 Å². The van der Waals surface area contributed by atoms with Crippen LogP contribution in [0.2, 0.25) is 13.1 Å². The SMILES string of the molecule is CC(=O)NC[Si](C)(C)Cl. The van der Waals surface area contributed by atoms with E-state index in [-0.39, 0.29) is 5.91 Å². The fourth-order valence-electron chi connectivity index (χ4n) is 0.335. The smallest absolute Gasteiger partial charge is 0.216 e. The molecule has 0 heterocycles. The molecule has 2 nitrogen and oxygen atoms in total. The molecule has 0 atom stereocenters. The summed E-state index contributed by atoms with van der Waals surface area (Å²) in [4.78, 5) is 10.3. The lowest BCUT2D eigenvalue weighted by Crippen LogP contribution is -2.36. The molecule has 0 fully saturated rings. The molecular weight excluding hydrogens is 154 g/mol. The van der Waals surface area contributed by atoms with Crippen LogP contribution < -0.4 is 5.32 Å². The minimum absolute atomic E-state index is 0.00350. The third-order valence-corrected chi connectivity index (χ3v) is 2.18. The maximum absolute atomic E-state index is 10.3. The molecule has 0 radical (unpaired) electrons. The number of carbonyl (C=O) groups is 1. The van der Waals surface area contributed by atoms with E-state index in [0.29, 0.717) is 6.17 Å². The molecule has 1 amide bonds. The van der Waals surface area contributed by atoms with Crippen molar-refractivity contribution in [2.45, 2.75) is 20.0 Å². The van der Waals surface area contributed by atoms with E-state index in [2.05, 4.69) is 5.32 Å². The van der Waals surface area contributed by atoms with Crippen LogP contribution in [0, 0.1) is 0 Å². The van der Waals surface area contributed by atoms with E-state index in [1.807, 2.05) is 13.1 Å². The van der Waals surface area contributed by atoms with Crippen LogP contribution in [-0.2, 0) is 4.79 Å². The molecule has 54 valence electrons. The lowest BCUT2D eigenvalue weighted by Gasteiger charge is -2.11. The minimum Gasteiger partial charge on any atom is -0.358 e. The number of halogens is 1. The van der Waals surface area contributed by atoms with Crippen molar-refractivity contribution in [2.24, 2.45) is 0 Å². The lowest BCUT2D eigenvalue weighted by atomic mass is 10.7. The molecule has 0 aromatic carbocycles. The van der Waals surface area contributed by atoms with Gasteiger partial charge in [0.05, 0.1) is 0 Å². The standard InChI is InChI=1S/C5H12ClNOSi/c1-5(8)7-4-9(2,3)6/h4H2,1-3H3,(H,7,8). The first-order chi connectivity index (χ1) is 3.92. The van der Waals surface area contributed by atoms with Crippen molar-refractivity contribution in [3.05, 3.63) is 0 Å². The highest BCUT2D eigenvalue weighted by Gasteiger charge is 2.16. The maximum atomic E-state index is 10.3. The molecule has 0 rings (SSSR count). The van der Waals surface area contributed by atoms with Crippen LogP contribution in [0.1, 0.15) is 6.92 Å². The molecule has 9 heavy (non-hydrogen) atoms. The Morgan fingerprint density at radius 3 is 2.22 bits per heavy atom. The van der Waals surface area contributed by atoms with Gasteiger partial charge in [0.2, 0.25) is 5.91 Å². The predicted molar refractivity (Wildman–Crippen MR) is 42.0 cm³/mol. The van der Waals surface area contributed by atoms with Crippen LogP contribution in [0.3, 0.4) is 0 Å². The van der Waals surface area contributed by atoms with Crippen molar-refractivity contribution < 1.29 is 4.79 Å². The summed E-state index contributed by atoms with van der Waals surface area (Å²) >= 11 is 5.90. The van der Waals surface area contributed by atoms with Crippen LogP contribution in [0.15, 0.2) is 0 Å². The molecule has 1 N–H and O–H groups in total. The van der Waals surface area contributed by atoms with Crippen molar-refractivity contribution in [2.75, 3.05) is 6.17 Å². The number of nitrogens with one attached hydrogen (secondary N) is 1. The van der Waals surface area contributed by atoms with Gasteiger partial charge < -0.3 is 5.32 Å². The highest BCUT2D eigenvalue weighted by Crippen LogP contribution is 2.04. The summed E-state index contributed by atoms with van der Waals surface area (Å²) in [5.74, 6) is -0.00350. The highest BCUT2D eigenvalue weighted by atomic mass is 35.6. The number of hydrogen-bond acceptors (Lipinski definition) is 1. The Labute approximate surface area is 61.3 Å². The van der Waals surface area contributed by atoms with Crippen molar-refractivity contribution in [3.8, 4) is 0 Å². The lowest BCUT2D eigenvalue weighted by molar-refractivity contribution is -0.118. The topological polar surface area (TPSA) is 29.1 Å². The van der Waals surface area contributed by atoms with E-state index in [1.165, 1.54) is 6.92 Å². The molecular formula is C5H12ClNOSi. The second kappa shape index (κ2) is 3.22. The highest BCUT2D eigenvalue weighted by molar-refractivity contribution is 7.19. The summed E-state index contributed by atoms with van der Waals surface area (Å²) < 4.78 is 0. The Bertz CT molecular complexity index is 110. The number of hydrogen-bond donors (Lipinski definition) is 1. The van der Waals surface area contributed by atoms with Gasteiger partial charge in [0.1, 0.15) is 0 Å². The summed E-state index contributed by atoms with van der Waals surface area (Å²) in [6.45, 7) is 5.48. The molecule has 0 aliphatic carbocycles. The van der Waals surface area contributed by atoms with E-state index in [1.54, 1.807) is 0 Å². The summed E-state index contributed by atoms with van der Waals surface area (Å²) in [5.41, 5.74) is 0. The van der Waals surface area contributed by atoms with E-state index in [0.717, 1.165) is 0 Å². The molecule has 0 aromatic heterocycles. The largest absolute Gasteiger partial charge is 0.358 e. The molecule has 0 spiro atoms. The van der Waals surface area contributed by atoms with Gasteiger partial charge in [-0.25, -0.2) is 0 Å². The van der Waals surface area contributed by atoms with Gasteiger partial charge in [0, 0.05) is 13.1 Å². The van der Waals surface area contributed by atoms with E-state index in [4.69, 9.17) is 11.1 Å². The van der Waals surface area contributed by atoms with Gasteiger partial charge in [-0.15, -0.1) is 0 Å². The zero-order valence-corrected chi connectivity index (χ0v) is 7.75. The van der Waals surface area contributed by atoms with Crippen molar-refractivity contribution in [1.82, 2.24) is 5.32 Å². The normalized spacial score (nSPS) is 11.1. The van der Waals surface area contributed by atoms with E-state index in [9.17, 15) is 4.79 Å². The van der Waals surface area contributed by atoms with Crippen LogP contribution in [-0.4, -0.2) is 19.5 Å². The first kappa shape index (κ1) is 8.98. The average molecular weight is 166 g/mol.